The first-order chi connectivity index (χ1) is 7.85. The van der Waals surface area contributed by atoms with Crippen LogP contribution in [0.2, 0.25) is 0 Å². The lowest BCUT2D eigenvalue weighted by atomic mass is 9.81. The molecule has 3 N–H and O–H groups in total. The van der Waals surface area contributed by atoms with Crippen molar-refractivity contribution < 1.29 is 4.74 Å². The molecule has 2 rings (SSSR count). The molecule has 1 fully saturated rings. The average molecular weight is 220 g/mol. The molecule has 3 heteroatoms. The number of nitrogens with one attached hydrogen (secondary N) is 1. The van der Waals surface area contributed by atoms with Crippen LogP contribution in [0.3, 0.4) is 0 Å². The quantitative estimate of drug-likeness (QED) is 0.808. The number of hydrogen-bond acceptors (Lipinski definition) is 3. The van der Waals surface area contributed by atoms with Crippen LogP contribution in [0.15, 0.2) is 24.3 Å². The fourth-order valence-electron chi connectivity index (χ4n) is 2.48. The van der Waals surface area contributed by atoms with Gasteiger partial charge in [-0.25, -0.2) is 0 Å². The fourth-order valence-corrected chi connectivity index (χ4v) is 2.48. The van der Waals surface area contributed by atoms with Gasteiger partial charge in [0.15, 0.2) is 0 Å². The molecule has 1 aliphatic heterocycles. The summed E-state index contributed by atoms with van der Waals surface area (Å²) in [5.41, 5.74) is 7.19. The van der Waals surface area contributed by atoms with E-state index in [4.69, 9.17) is 10.5 Å². The van der Waals surface area contributed by atoms with Crippen LogP contribution in [0.1, 0.15) is 17.9 Å². The zero-order valence-electron chi connectivity index (χ0n) is 9.78. The second kappa shape index (κ2) is 5.32. The molecule has 0 saturated carbocycles. The zero-order chi connectivity index (χ0) is 11.4. The second-order valence-corrected chi connectivity index (χ2v) is 4.37. The van der Waals surface area contributed by atoms with E-state index in [1.807, 2.05) is 6.07 Å². The maximum atomic E-state index is 5.83. The van der Waals surface area contributed by atoms with Gasteiger partial charge in [-0.2, -0.15) is 0 Å². The second-order valence-electron chi connectivity index (χ2n) is 4.37. The van der Waals surface area contributed by atoms with E-state index in [9.17, 15) is 0 Å². The van der Waals surface area contributed by atoms with Gasteiger partial charge >= 0.3 is 0 Å². The largest absolute Gasteiger partial charge is 0.497 e. The Labute approximate surface area is 97.0 Å². The van der Waals surface area contributed by atoms with Gasteiger partial charge < -0.3 is 15.8 Å². The number of piperidine rings is 1. The van der Waals surface area contributed by atoms with E-state index in [2.05, 4.69) is 23.5 Å². The van der Waals surface area contributed by atoms with Crippen LogP contribution < -0.4 is 15.8 Å². The van der Waals surface area contributed by atoms with Crippen molar-refractivity contribution in [1.29, 1.82) is 0 Å². The predicted octanol–water partition coefficient (Wildman–Crippen LogP) is 1.35. The summed E-state index contributed by atoms with van der Waals surface area (Å²) in [6, 6.07) is 8.37. The molecule has 0 aliphatic carbocycles. The first-order valence-corrected chi connectivity index (χ1v) is 5.90. The molecule has 1 aliphatic rings. The third kappa shape index (κ3) is 2.36. The van der Waals surface area contributed by atoms with Crippen molar-refractivity contribution >= 4 is 0 Å². The molecule has 1 aromatic rings. The summed E-state index contributed by atoms with van der Waals surface area (Å²) in [5, 5.41) is 3.40. The van der Waals surface area contributed by atoms with Crippen LogP contribution in [0.5, 0.6) is 5.75 Å². The molecule has 0 amide bonds. The van der Waals surface area contributed by atoms with Crippen LogP contribution >= 0.6 is 0 Å². The minimum absolute atomic E-state index is 0.542. The van der Waals surface area contributed by atoms with E-state index < -0.39 is 0 Å². The number of hydrogen-bond donors (Lipinski definition) is 2. The van der Waals surface area contributed by atoms with Gasteiger partial charge in [0.1, 0.15) is 5.75 Å². The molecule has 1 saturated heterocycles. The first kappa shape index (κ1) is 11.4. The molecular formula is C13H20N2O. The third-order valence-corrected chi connectivity index (χ3v) is 3.43. The molecule has 3 nitrogen and oxygen atoms in total. The maximum Gasteiger partial charge on any atom is 0.119 e. The molecule has 0 spiro atoms. The average Bonchev–Trinajstić information content (AvgIpc) is 2.38. The van der Waals surface area contributed by atoms with Crippen molar-refractivity contribution in [3.63, 3.8) is 0 Å². The van der Waals surface area contributed by atoms with Crippen molar-refractivity contribution in [3.05, 3.63) is 29.8 Å². The lowest BCUT2D eigenvalue weighted by Crippen LogP contribution is -2.39. The van der Waals surface area contributed by atoms with Gasteiger partial charge in [0.05, 0.1) is 7.11 Å². The number of nitrogens with two attached hydrogens (primary N) is 1. The standard InChI is InChI=1S/C13H20N2O/c1-16-12-4-2-3-10(7-12)13-5-6-15-9-11(13)8-14/h2-4,7,11,13,15H,5-6,8-9,14H2,1H3. The van der Waals surface area contributed by atoms with E-state index in [-0.39, 0.29) is 0 Å². The smallest absolute Gasteiger partial charge is 0.119 e. The Bertz CT molecular complexity index is 340. The zero-order valence-corrected chi connectivity index (χ0v) is 9.78. The van der Waals surface area contributed by atoms with Gasteiger partial charge in [-0.05, 0) is 55.6 Å². The topological polar surface area (TPSA) is 47.3 Å². The summed E-state index contributed by atoms with van der Waals surface area (Å²) in [4.78, 5) is 0. The fraction of sp³-hybridized carbons (Fsp3) is 0.538. The number of methoxy groups -OCH3 is 1. The summed E-state index contributed by atoms with van der Waals surface area (Å²) in [5.74, 6) is 2.05. The van der Waals surface area contributed by atoms with Gasteiger partial charge in [-0.3, -0.25) is 0 Å². The van der Waals surface area contributed by atoms with E-state index in [0.29, 0.717) is 11.8 Å². The Morgan fingerprint density at radius 2 is 2.38 bits per heavy atom. The minimum Gasteiger partial charge on any atom is -0.497 e. The van der Waals surface area contributed by atoms with Crippen LogP contribution in [0.4, 0.5) is 0 Å². The van der Waals surface area contributed by atoms with Crippen LogP contribution in [-0.4, -0.2) is 26.7 Å². The molecule has 1 heterocycles. The van der Waals surface area contributed by atoms with E-state index >= 15 is 0 Å². The Morgan fingerprint density at radius 3 is 3.12 bits per heavy atom. The summed E-state index contributed by atoms with van der Waals surface area (Å²) < 4.78 is 5.27. The van der Waals surface area contributed by atoms with Gasteiger partial charge in [-0.1, -0.05) is 12.1 Å². The minimum atomic E-state index is 0.542. The van der Waals surface area contributed by atoms with E-state index in [0.717, 1.165) is 31.8 Å². The molecule has 0 aromatic heterocycles. The molecule has 2 atom stereocenters. The Kier molecular flexibility index (Phi) is 3.80. The molecule has 16 heavy (non-hydrogen) atoms. The lowest BCUT2D eigenvalue weighted by Gasteiger charge is -2.31. The highest BCUT2D eigenvalue weighted by atomic mass is 16.5. The monoisotopic (exact) mass is 220 g/mol. The van der Waals surface area contributed by atoms with Crippen LogP contribution in [0, 0.1) is 5.92 Å². The van der Waals surface area contributed by atoms with Gasteiger partial charge in [0.2, 0.25) is 0 Å². The highest BCUT2D eigenvalue weighted by Crippen LogP contribution is 2.31. The highest BCUT2D eigenvalue weighted by molar-refractivity contribution is 5.31. The van der Waals surface area contributed by atoms with Gasteiger partial charge in [0, 0.05) is 0 Å². The molecule has 0 radical (unpaired) electrons. The van der Waals surface area contributed by atoms with Crippen molar-refractivity contribution in [2.45, 2.75) is 12.3 Å². The number of benzene rings is 1. The molecule has 0 bridgehead atoms. The molecule has 88 valence electrons. The molecule has 2 unspecified atom stereocenters. The van der Waals surface area contributed by atoms with Crippen molar-refractivity contribution in [2.24, 2.45) is 11.7 Å². The van der Waals surface area contributed by atoms with Gasteiger partial charge in [0.25, 0.3) is 0 Å². The van der Waals surface area contributed by atoms with E-state index in [1.54, 1.807) is 7.11 Å². The van der Waals surface area contributed by atoms with Crippen molar-refractivity contribution in [3.8, 4) is 5.75 Å². The highest BCUT2D eigenvalue weighted by Gasteiger charge is 2.25. The molecular weight excluding hydrogens is 200 g/mol. The van der Waals surface area contributed by atoms with Crippen molar-refractivity contribution in [2.75, 3.05) is 26.7 Å². The lowest BCUT2D eigenvalue weighted by molar-refractivity contribution is 0.331. The first-order valence-electron chi connectivity index (χ1n) is 5.90. The van der Waals surface area contributed by atoms with E-state index in [1.165, 1.54) is 5.56 Å². The van der Waals surface area contributed by atoms with Crippen LogP contribution in [-0.2, 0) is 0 Å². The number of ether oxygens (including phenoxy) is 1. The summed E-state index contributed by atoms with van der Waals surface area (Å²) in [6.07, 6.45) is 1.16. The third-order valence-electron chi connectivity index (χ3n) is 3.43. The Morgan fingerprint density at radius 1 is 1.50 bits per heavy atom. The maximum absolute atomic E-state index is 5.83. The summed E-state index contributed by atoms with van der Waals surface area (Å²) in [7, 11) is 1.71. The Hall–Kier alpha value is -1.06. The van der Waals surface area contributed by atoms with Gasteiger partial charge in [-0.15, -0.1) is 0 Å². The number of rotatable bonds is 3. The normalized spacial score (nSPS) is 25.4. The van der Waals surface area contributed by atoms with Crippen LogP contribution in [0.25, 0.3) is 0 Å². The summed E-state index contributed by atoms with van der Waals surface area (Å²) in [6.45, 7) is 2.85. The van der Waals surface area contributed by atoms with Crippen molar-refractivity contribution in [1.82, 2.24) is 5.32 Å². The predicted molar refractivity (Wildman–Crippen MR) is 65.8 cm³/mol. The Balaban J connectivity index is 2.20. The SMILES string of the molecule is COc1cccc(C2CCNCC2CN)c1. The molecule has 1 aromatic carbocycles. The summed E-state index contributed by atoms with van der Waals surface area (Å²) >= 11 is 0.